The first-order valence-corrected chi connectivity index (χ1v) is 46.4. The zero-order valence-corrected chi connectivity index (χ0v) is 71.2. The van der Waals surface area contributed by atoms with Gasteiger partial charge in [0, 0.05) is 38.5 Å². The van der Waals surface area contributed by atoms with E-state index in [2.05, 4.69) is 88.5 Å². The number of rotatable bonds is 86. The van der Waals surface area contributed by atoms with Crippen LogP contribution in [0.3, 0.4) is 0 Å². The van der Waals surface area contributed by atoms with E-state index in [1.54, 1.807) is 0 Å². The summed E-state index contributed by atoms with van der Waals surface area (Å²) in [6.45, 7) is 8.56. The van der Waals surface area contributed by atoms with Crippen LogP contribution >= 0.6 is 0 Å². The highest BCUT2D eigenvalue weighted by Crippen LogP contribution is 2.19. The Balaban J connectivity index is 4.76. The van der Waals surface area contributed by atoms with Crippen molar-refractivity contribution in [2.24, 2.45) is 0 Å². The fourth-order valence-electron chi connectivity index (χ4n) is 13.5. The normalized spacial score (nSPS) is 11.9. The van der Waals surface area contributed by atoms with Gasteiger partial charge >= 0.3 is 35.8 Å². The molecule has 0 fully saturated rings. The minimum Gasteiger partial charge on any atom is -0.462 e. The van der Waals surface area contributed by atoms with E-state index in [-0.39, 0.29) is 75.1 Å². The van der Waals surface area contributed by atoms with Gasteiger partial charge in [0.1, 0.15) is 26.4 Å². The smallest absolute Gasteiger partial charge is 0.306 e. The molecule has 0 saturated heterocycles. The molecule has 0 aliphatic carbocycles. The average molecular weight is 1520 g/mol. The second-order valence-corrected chi connectivity index (χ2v) is 31.4. The van der Waals surface area contributed by atoms with E-state index in [1.807, 2.05) is 0 Å². The van der Waals surface area contributed by atoms with Crippen LogP contribution in [0.15, 0.2) is 60.8 Å². The first kappa shape index (κ1) is 104. The molecule has 0 aromatic carbocycles. The molecule has 0 aromatic heterocycles. The van der Waals surface area contributed by atoms with Gasteiger partial charge in [-0.3, -0.25) is 28.8 Å². The molecule has 0 rings (SSSR count). The monoisotopic (exact) mass is 1520 g/mol. The molecule has 0 aromatic rings. The average Bonchev–Trinajstić information content (AvgIpc) is 0.954. The quantitative estimate of drug-likeness (QED) is 0.0246. The first-order chi connectivity index (χ1) is 53.1. The van der Waals surface area contributed by atoms with Gasteiger partial charge < -0.3 is 28.4 Å². The van der Waals surface area contributed by atoms with Gasteiger partial charge in [-0.1, -0.05) is 332 Å². The van der Waals surface area contributed by atoms with Crippen LogP contribution in [-0.4, -0.2) is 74.5 Å². The lowest BCUT2D eigenvalue weighted by atomic mass is 10.1. The topological polar surface area (TPSA) is 158 Å². The van der Waals surface area contributed by atoms with E-state index in [1.165, 1.54) is 205 Å². The van der Waals surface area contributed by atoms with E-state index in [4.69, 9.17) is 28.4 Å². The van der Waals surface area contributed by atoms with E-state index in [0.717, 1.165) is 193 Å². The number of ether oxygens (including phenoxy) is 6. The van der Waals surface area contributed by atoms with Crippen LogP contribution < -0.4 is 0 Å². The van der Waals surface area contributed by atoms with Gasteiger partial charge in [-0.2, -0.15) is 0 Å². The maximum Gasteiger partial charge on any atom is 0.306 e. The zero-order chi connectivity index (χ0) is 78.3. The number of allylic oxidation sites excluding steroid dienone is 10. The summed E-state index contributed by atoms with van der Waals surface area (Å²) in [5.41, 5.74) is 0. The molecule has 0 bridgehead atoms. The molecular weight excluding hydrogens is 1350 g/mol. The van der Waals surface area contributed by atoms with Gasteiger partial charge in [-0.25, -0.2) is 0 Å². The van der Waals surface area contributed by atoms with Crippen molar-refractivity contribution in [1.82, 2.24) is 0 Å². The van der Waals surface area contributed by atoms with Crippen molar-refractivity contribution >= 4 is 35.8 Å². The van der Waals surface area contributed by atoms with Crippen LogP contribution in [0.4, 0.5) is 0 Å². The maximum atomic E-state index is 13.1. The Hall–Kier alpha value is -4.48. The standard InChI is InChI=1S/C96H172O12/c1-5-9-13-17-21-25-29-33-37-43-49-55-61-67-73-79-91(97)103-85-89(86-104-92(98)80-74-68-62-56-50-44-38-34-30-26-22-18-14-10-6-2)107-95(101)83-77-71-65-59-53-47-41-42-48-54-60-66-72-78-84-96(102)108-90(87-105-93(99)81-75-69-63-57-51-45-39-35-31-27-23-19-15-11-7-3)88-106-94(100)82-76-70-64-58-52-46-40-36-32-28-24-20-16-12-8-4/h33-42,89-90H,5-32,43-88H2,1-4H3/b37-33-,38-34-,39-35-,40-36-,42-41?. The summed E-state index contributed by atoms with van der Waals surface area (Å²) >= 11 is 0. The minimum atomic E-state index is -0.831. The second-order valence-electron chi connectivity index (χ2n) is 31.4. The predicted molar refractivity (Wildman–Crippen MR) is 455 cm³/mol. The minimum absolute atomic E-state index is 0.119. The number of unbranched alkanes of at least 4 members (excludes halogenated alkanes) is 54. The van der Waals surface area contributed by atoms with E-state index >= 15 is 0 Å². The Morgan fingerprint density at radius 3 is 0.463 bits per heavy atom. The summed E-state index contributed by atoms with van der Waals surface area (Å²) in [7, 11) is 0. The van der Waals surface area contributed by atoms with Crippen LogP contribution in [-0.2, 0) is 57.2 Å². The van der Waals surface area contributed by atoms with Crippen molar-refractivity contribution in [2.75, 3.05) is 26.4 Å². The molecule has 0 heterocycles. The molecule has 0 radical (unpaired) electrons. The highest BCUT2D eigenvalue weighted by atomic mass is 16.6. The van der Waals surface area contributed by atoms with Gasteiger partial charge in [0.05, 0.1) is 0 Å². The van der Waals surface area contributed by atoms with Crippen molar-refractivity contribution in [2.45, 2.75) is 489 Å². The molecular formula is C96H172O12. The maximum absolute atomic E-state index is 13.1. The molecule has 0 unspecified atom stereocenters. The Kier molecular flexibility index (Phi) is 84.4. The van der Waals surface area contributed by atoms with Gasteiger partial charge in [-0.15, -0.1) is 0 Å². The highest BCUT2D eigenvalue weighted by molar-refractivity contribution is 5.72. The number of carbonyl (C=O) groups excluding carboxylic acids is 6. The number of hydrogen-bond acceptors (Lipinski definition) is 12. The van der Waals surface area contributed by atoms with E-state index in [9.17, 15) is 28.8 Å². The Morgan fingerprint density at radius 1 is 0.176 bits per heavy atom. The lowest BCUT2D eigenvalue weighted by molar-refractivity contribution is -0.167. The van der Waals surface area contributed by atoms with Gasteiger partial charge in [-0.05, 0) is 167 Å². The fourth-order valence-corrected chi connectivity index (χ4v) is 13.5. The van der Waals surface area contributed by atoms with Crippen LogP contribution in [0, 0.1) is 0 Å². The number of esters is 6. The van der Waals surface area contributed by atoms with Crippen LogP contribution in [0.25, 0.3) is 0 Å². The molecule has 0 aliphatic heterocycles. The SMILES string of the molecule is CCCCCCCC/C=C\CCCCCCCC(=O)OCC(COC(=O)CCCCCCC/C=C\CCCCCCCC)OC(=O)CCCCCCCC=CCCCCCCCC(=O)OC(COC(=O)CCCCCCC/C=C\CCCCCCCC)COC(=O)CCCCCCC/C=C\CCCCCCCC. The third-order valence-corrected chi connectivity index (χ3v) is 20.6. The molecule has 0 atom stereocenters. The zero-order valence-electron chi connectivity index (χ0n) is 71.2. The van der Waals surface area contributed by atoms with E-state index < -0.39 is 12.2 Å². The Bertz CT molecular complexity index is 1870. The van der Waals surface area contributed by atoms with Crippen molar-refractivity contribution < 1.29 is 57.2 Å². The van der Waals surface area contributed by atoms with Gasteiger partial charge in [0.25, 0.3) is 0 Å². The molecule has 12 nitrogen and oxygen atoms in total. The van der Waals surface area contributed by atoms with Gasteiger partial charge in [0.2, 0.25) is 0 Å². The molecule has 0 saturated carbocycles. The van der Waals surface area contributed by atoms with Gasteiger partial charge in [0.15, 0.2) is 12.2 Å². The first-order valence-electron chi connectivity index (χ1n) is 46.4. The van der Waals surface area contributed by atoms with Crippen molar-refractivity contribution in [1.29, 1.82) is 0 Å². The van der Waals surface area contributed by atoms with Crippen LogP contribution in [0.2, 0.25) is 0 Å². The summed E-state index contributed by atoms with van der Waals surface area (Å²) in [6.07, 6.45) is 96.7. The Morgan fingerprint density at radius 2 is 0.306 bits per heavy atom. The van der Waals surface area contributed by atoms with Crippen molar-refractivity contribution in [3.05, 3.63) is 60.8 Å². The summed E-state index contributed by atoms with van der Waals surface area (Å²) < 4.78 is 34.0. The summed E-state index contributed by atoms with van der Waals surface area (Å²) in [4.78, 5) is 77.3. The molecule has 0 aliphatic rings. The second kappa shape index (κ2) is 88.1. The lowest BCUT2D eigenvalue weighted by Crippen LogP contribution is -2.30. The predicted octanol–water partition coefficient (Wildman–Crippen LogP) is 29.2. The third-order valence-electron chi connectivity index (χ3n) is 20.6. The summed E-state index contributed by atoms with van der Waals surface area (Å²) in [5.74, 6) is -1.97. The van der Waals surface area contributed by atoms with Crippen LogP contribution in [0.1, 0.15) is 477 Å². The molecule has 628 valence electrons. The molecule has 108 heavy (non-hydrogen) atoms. The Labute approximate surface area is 666 Å². The highest BCUT2D eigenvalue weighted by Gasteiger charge is 2.22. The molecule has 0 spiro atoms. The lowest BCUT2D eigenvalue weighted by Gasteiger charge is -2.18. The fraction of sp³-hybridized carbons (Fsp3) is 0.833. The van der Waals surface area contributed by atoms with E-state index in [0.29, 0.717) is 38.5 Å². The molecule has 0 amide bonds. The summed E-state index contributed by atoms with van der Waals surface area (Å²) in [6, 6.07) is 0. The van der Waals surface area contributed by atoms with Crippen LogP contribution in [0.5, 0.6) is 0 Å². The third kappa shape index (κ3) is 84.0. The van der Waals surface area contributed by atoms with Crippen molar-refractivity contribution in [3.8, 4) is 0 Å². The number of carbonyl (C=O) groups is 6. The molecule has 0 N–H and O–H groups in total. The molecule has 12 heteroatoms. The summed E-state index contributed by atoms with van der Waals surface area (Å²) in [5, 5.41) is 0. The largest absolute Gasteiger partial charge is 0.462 e. The number of hydrogen-bond donors (Lipinski definition) is 0. The van der Waals surface area contributed by atoms with Crippen molar-refractivity contribution in [3.63, 3.8) is 0 Å².